The molecule has 0 saturated carbocycles. The van der Waals surface area contributed by atoms with Crippen LogP contribution in [-0.4, -0.2) is 40.3 Å². The zero-order valence-corrected chi connectivity index (χ0v) is 14.4. The Morgan fingerprint density at radius 3 is 2.96 bits per heavy atom. The van der Waals surface area contributed by atoms with Crippen LogP contribution in [0.15, 0.2) is 35.5 Å². The number of H-pyrrole nitrogens is 1. The van der Waals surface area contributed by atoms with Gasteiger partial charge in [-0.1, -0.05) is 0 Å². The van der Waals surface area contributed by atoms with Gasteiger partial charge in [-0.3, -0.25) is 5.10 Å². The zero-order valence-electron chi connectivity index (χ0n) is 13.6. The molecule has 0 atom stereocenters. The van der Waals surface area contributed by atoms with Crippen molar-refractivity contribution >= 4 is 23.0 Å². The molecular formula is C17H18N4O2S. The lowest BCUT2D eigenvalue weighted by atomic mass is 10.0. The van der Waals surface area contributed by atoms with Gasteiger partial charge in [-0.05, 0) is 47.7 Å². The number of nitrogens with one attached hydrogen (secondary N) is 1. The van der Waals surface area contributed by atoms with Gasteiger partial charge in [0.05, 0.1) is 25.3 Å². The van der Waals surface area contributed by atoms with Gasteiger partial charge in [-0.25, -0.2) is 9.29 Å². The van der Waals surface area contributed by atoms with Crippen molar-refractivity contribution < 1.29 is 9.47 Å². The van der Waals surface area contributed by atoms with E-state index in [4.69, 9.17) is 9.47 Å². The number of fused-ring (bicyclic) bond motifs is 3. The fourth-order valence-electron chi connectivity index (χ4n) is 3.00. The van der Waals surface area contributed by atoms with Crippen LogP contribution in [-0.2, 0) is 13.0 Å². The van der Waals surface area contributed by atoms with Crippen LogP contribution in [0.3, 0.4) is 0 Å². The van der Waals surface area contributed by atoms with E-state index in [0.29, 0.717) is 0 Å². The Labute approximate surface area is 144 Å². The van der Waals surface area contributed by atoms with Gasteiger partial charge in [0.25, 0.3) is 0 Å². The summed E-state index contributed by atoms with van der Waals surface area (Å²) >= 11 is 1.69. The van der Waals surface area contributed by atoms with Crippen molar-refractivity contribution in [2.24, 2.45) is 0 Å². The van der Waals surface area contributed by atoms with Crippen LogP contribution in [0.2, 0.25) is 0 Å². The Morgan fingerprint density at radius 2 is 2.12 bits per heavy atom. The molecule has 0 spiro atoms. The van der Waals surface area contributed by atoms with Crippen molar-refractivity contribution in [1.82, 2.24) is 19.5 Å². The lowest BCUT2D eigenvalue weighted by Crippen LogP contribution is -2.25. The number of benzene rings is 1. The van der Waals surface area contributed by atoms with Gasteiger partial charge in [0.15, 0.2) is 5.65 Å². The third-order valence-corrected chi connectivity index (χ3v) is 5.32. The summed E-state index contributed by atoms with van der Waals surface area (Å²) in [6.45, 7) is 1.80. The van der Waals surface area contributed by atoms with E-state index in [1.807, 2.05) is 30.6 Å². The van der Waals surface area contributed by atoms with Gasteiger partial charge in [0.1, 0.15) is 11.5 Å². The molecule has 6 nitrogen and oxygen atoms in total. The summed E-state index contributed by atoms with van der Waals surface area (Å²) in [5.41, 5.74) is 3.47. The zero-order chi connectivity index (χ0) is 16.5. The van der Waals surface area contributed by atoms with E-state index in [1.165, 1.54) is 11.1 Å². The van der Waals surface area contributed by atoms with E-state index in [-0.39, 0.29) is 0 Å². The average molecular weight is 342 g/mol. The number of hydrogen-bond donors (Lipinski definition) is 1. The van der Waals surface area contributed by atoms with Gasteiger partial charge in [0, 0.05) is 24.7 Å². The monoisotopic (exact) mass is 342 g/mol. The first-order chi connectivity index (χ1) is 11.8. The Balaban J connectivity index is 1.59. The third kappa shape index (κ3) is 2.70. The van der Waals surface area contributed by atoms with Gasteiger partial charge >= 0.3 is 0 Å². The second kappa shape index (κ2) is 6.33. The fraction of sp³-hybridized carbons (Fsp3) is 0.294. The van der Waals surface area contributed by atoms with Crippen molar-refractivity contribution in [2.45, 2.75) is 17.9 Å². The number of rotatable bonds is 4. The van der Waals surface area contributed by atoms with Gasteiger partial charge < -0.3 is 9.47 Å². The highest BCUT2D eigenvalue weighted by Crippen LogP contribution is 2.37. The Bertz CT molecular complexity index is 880. The molecule has 3 heterocycles. The highest BCUT2D eigenvalue weighted by Gasteiger charge is 2.21. The molecule has 24 heavy (non-hydrogen) atoms. The molecule has 0 amide bonds. The fourth-order valence-corrected chi connectivity index (χ4v) is 4.08. The molecule has 1 N–H and O–H groups in total. The number of hydrogen-bond acceptors (Lipinski definition) is 6. The highest BCUT2D eigenvalue weighted by molar-refractivity contribution is 7.97. The molecule has 0 aliphatic carbocycles. The van der Waals surface area contributed by atoms with Gasteiger partial charge in [-0.2, -0.15) is 5.10 Å². The standard InChI is InChI=1S/C17H18N4O2S/c1-22-12-3-4-15(23-2)16(7-12)24-21-6-5-13-11(10-21)8-18-17-14(13)9-19-20-17/h3-4,7-9H,5-6,10H2,1-2H3,(H,18,19,20). The maximum atomic E-state index is 5.48. The first-order valence-electron chi connectivity index (χ1n) is 7.73. The quantitative estimate of drug-likeness (QED) is 0.735. The van der Waals surface area contributed by atoms with Crippen LogP contribution in [0, 0.1) is 0 Å². The first kappa shape index (κ1) is 15.3. The van der Waals surface area contributed by atoms with Crippen molar-refractivity contribution in [2.75, 3.05) is 20.8 Å². The molecule has 1 aliphatic rings. The Morgan fingerprint density at radius 1 is 1.21 bits per heavy atom. The molecule has 0 saturated heterocycles. The van der Waals surface area contributed by atoms with Crippen LogP contribution < -0.4 is 9.47 Å². The van der Waals surface area contributed by atoms with E-state index in [9.17, 15) is 0 Å². The van der Waals surface area contributed by atoms with Gasteiger partial charge in [-0.15, -0.1) is 0 Å². The molecule has 0 fully saturated rings. The maximum absolute atomic E-state index is 5.48. The van der Waals surface area contributed by atoms with Crippen LogP contribution >= 0.6 is 11.9 Å². The van der Waals surface area contributed by atoms with Crippen LogP contribution in [0.25, 0.3) is 11.0 Å². The molecule has 0 bridgehead atoms. The third-order valence-electron chi connectivity index (χ3n) is 4.24. The van der Waals surface area contributed by atoms with Crippen LogP contribution in [0.4, 0.5) is 0 Å². The number of nitrogens with zero attached hydrogens (tertiary/aromatic N) is 3. The molecule has 2 aromatic heterocycles. The summed E-state index contributed by atoms with van der Waals surface area (Å²) < 4.78 is 13.1. The Kier molecular flexibility index (Phi) is 4.03. The number of aromatic amines is 1. The number of ether oxygens (including phenoxy) is 2. The summed E-state index contributed by atoms with van der Waals surface area (Å²) in [6, 6.07) is 5.86. The lowest BCUT2D eigenvalue weighted by Gasteiger charge is -2.28. The van der Waals surface area contributed by atoms with Gasteiger partial charge in [0.2, 0.25) is 0 Å². The average Bonchev–Trinajstić information content (AvgIpc) is 3.10. The molecule has 124 valence electrons. The first-order valence-corrected chi connectivity index (χ1v) is 8.50. The molecule has 1 aliphatic heterocycles. The number of pyridine rings is 1. The maximum Gasteiger partial charge on any atom is 0.155 e. The number of aromatic nitrogens is 3. The van der Waals surface area contributed by atoms with E-state index < -0.39 is 0 Å². The predicted molar refractivity (Wildman–Crippen MR) is 93.4 cm³/mol. The van der Waals surface area contributed by atoms with E-state index in [0.717, 1.165) is 46.9 Å². The van der Waals surface area contributed by atoms with Crippen molar-refractivity contribution in [1.29, 1.82) is 0 Å². The van der Waals surface area contributed by atoms with Crippen molar-refractivity contribution in [3.63, 3.8) is 0 Å². The Hall–Kier alpha value is -2.25. The topological polar surface area (TPSA) is 63.3 Å². The van der Waals surface area contributed by atoms with Crippen LogP contribution in [0.5, 0.6) is 11.5 Å². The molecule has 3 aromatic rings. The molecule has 4 rings (SSSR count). The van der Waals surface area contributed by atoms with E-state index in [2.05, 4.69) is 19.5 Å². The summed E-state index contributed by atoms with van der Waals surface area (Å²) in [7, 11) is 3.37. The highest BCUT2D eigenvalue weighted by atomic mass is 32.2. The predicted octanol–water partition coefficient (Wildman–Crippen LogP) is 3.04. The summed E-state index contributed by atoms with van der Waals surface area (Å²) in [5, 5.41) is 8.17. The number of methoxy groups -OCH3 is 2. The minimum atomic E-state index is 0.831. The van der Waals surface area contributed by atoms with E-state index >= 15 is 0 Å². The van der Waals surface area contributed by atoms with E-state index in [1.54, 1.807) is 26.2 Å². The normalized spacial score (nSPS) is 14.6. The minimum absolute atomic E-state index is 0.831. The summed E-state index contributed by atoms with van der Waals surface area (Å²) in [5.74, 6) is 1.69. The lowest BCUT2D eigenvalue weighted by molar-refractivity contribution is 0.391. The second-order valence-corrected chi connectivity index (χ2v) is 6.75. The molecule has 1 aromatic carbocycles. The molecule has 0 unspecified atom stereocenters. The second-order valence-electron chi connectivity index (χ2n) is 5.62. The summed E-state index contributed by atoms with van der Waals surface area (Å²) in [6.07, 6.45) is 4.80. The van der Waals surface area contributed by atoms with Crippen molar-refractivity contribution in [3.8, 4) is 11.5 Å². The molecule has 0 radical (unpaired) electrons. The summed E-state index contributed by atoms with van der Waals surface area (Å²) in [4.78, 5) is 5.51. The minimum Gasteiger partial charge on any atom is -0.497 e. The van der Waals surface area contributed by atoms with Crippen molar-refractivity contribution in [3.05, 3.63) is 41.7 Å². The molecular weight excluding hydrogens is 324 g/mol. The SMILES string of the molecule is COc1ccc(OC)c(SN2CCc3c(cnc4[nH]ncc34)C2)c1. The largest absolute Gasteiger partial charge is 0.497 e. The van der Waals surface area contributed by atoms with Crippen LogP contribution in [0.1, 0.15) is 11.1 Å². The molecule has 7 heteroatoms. The smallest absolute Gasteiger partial charge is 0.155 e.